The van der Waals surface area contributed by atoms with E-state index >= 15 is 0 Å². The molecule has 98 valence electrons. The molecule has 3 rings (SSSR count). The van der Waals surface area contributed by atoms with E-state index in [4.69, 9.17) is 0 Å². The molecule has 1 heterocycles. The molecule has 4 nitrogen and oxygen atoms in total. The molecule has 1 aromatic carbocycles. The first-order valence-corrected chi connectivity index (χ1v) is 6.43. The minimum atomic E-state index is -0.264. The van der Waals surface area contributed by atoms with E-state index in [-0.39, 0.29) is 35.3 Å². The van der Waals surface area contributed by atoms with Crippen molar-refractivity contribution in [2.45, 2.75) is 13.3 Å². The van der Waals surface area contributed by atoms with Crippen molar-refractivity contribution in [1.82, 2.24) is 0 Å². The average Bonchev–Trinajstić information content (AvgIpc) is 2.63. The molecule has 1 aromatic rings. The van der Waals surface area contributed by atoms with E-state index in [1.165, 1.54) is 17.0 Å². The molecule has 3 atom stereocenters. The number of carbonyl (C=O) groups excluding carboxylic acids is 2. The maximum atomic E-state index is 12.5. The molecule has 0 unspecified atom stereocenters. The van der Waals surface area contributed by atoms with Crippen molar-refractivity contribution in [3.05, 3.63) is 36.4 Å². The number of hydrogen-bond donors (Lipinski definition) is 1. The van der Waals surface area contributed by atoms with Crippen LogP contribution >= 0.6 is 0 Å². The first-order chi connectivity index (χ1) is 9.09. The van der Waals surface area contributed by atoms with Gasteiger partial charge in [-0.25, -0.2) is 4.90 Å². The fourth-order valence-corrected chi connectivity index (χ4v) is 3.03. The third-order valence-electron chi connectivity index (χ3n) is 3.96. The highest BCUT2D eigenvalue weighted by Gasteiger charge is 2.50. The molecule has 19 heavy (non-hydrogen) atoms. The molecular formula is C15H15NO3. The van der Waals surface area contributed by atoms with Gasteiger partial charge in [-0.2, -0.15) is 0 Å². The predicted molar refractivity (Wildman–Crippen MR) is 70.5 cm³/mol. The van der Waals surface area contributed by atoms with Crippen LogP contribution in [0, 0.1) is 17.8 Å². The fraction of sp³-hybridized carbons (Fsp3) is 0.333. The van der Waals surface area contributed by atoms with Gasteiger partial charge in [-0.3, -0.25) is 9.59 Å². The Morgan fingerprint density at radius 2 is 2.05 bits per heavy atom. The molecule has 1 N–H and O–H groups in total. The number of hydrogen-bond acceptors (Lipinski definition) is 3. The SMILES string of the molecule is C[C@@H]1C=CC[C@H]2C(=O)N(c3cccc(O)c3)C(=O)[C@@H]12. The highest BCUT2D eigenvalue weighted by Crippen LogP contribution is 2.40. The second-order valence-electron chi connectivity index (χ2n) is 5.19. The largest absolute Gasteiger partial charge is 0.508 e. The van der Waals surface area contributed by atoms with Crippen LogP contribution in [-0.2, 0) is 9.59 Å². The van der Waals surface area contributed by atoms with E-state index in [0.29, 0.717) is 12.1 Å². The lowest BCUT2D eigenvalue weighted by molar-refractivity contribution is -0.122. The van der Waals surface area contributed by atoms with Crippen molar-refractivity contribution < 1.29 is 14.7 Å². The van der Waals surface area contributed by atoms with Gasteiger partial charge in [0.15, 0.2) is 0 Å². The highest BCUT2D eigenvalue weighted by molar-refractivity contribution is 6.22. The Bertz CT molecular complexity index is 579. The van der Waals surface area contributed by atoms with Gasteiger partial charge in [0.1, 0.15) is 5.75 Å². The van der Waals surface area contributed by atoms with Crippen LogP contribution in [0.3, 0.4) is 0 Å². The molecule has 1 saturated heterocycles. The van der Waals surface area contributed by atoms with Crippen molar-refractivity contribution >= 4 is 17.5 Å². The molecule has 2 amide bonds. The lowest BCUT2D eigenvalue weighted by Gasteiger charge is -2.22. The number of fused-ring (bicyclic) bond motifs is 1. The Morgan fingerprint density at radius 3 is 2.74 bits per heavy atom. The number of aromatic hydroxyl groups is 1. The van der Waals surface area contributed by atoms with Gasteiger partial charge in [-0.05, 0) is 24.5 Å². The molecule has 4 heteroatoms. The summed E-state index contributed by atoms with van der Waals surface area (Å²) in [4.78, 5) is 26.1. The van der Waals surface area contributed by atoms with Crippen LogP contribution in [0.25, 0.3) is 0 Å². The van der Waals surface area contributed by atoms with Crippen molar-refractivity contribution in [1.29, 1.82) is 0 Å². The highest BCUT2D eigenvalue weighted by atomic mass is 16.3. The van der Waals surface area contributed by atoms with Crippen molar-refractivity contribution in [3.63, 3.8) is 0 Å². The molecule has 0 aromatic heterocycles. The Labute approximate surface area is 111 Å². The molecule has 0 saturated carbocycles. The number of benzene rings is 1. The number of rotatable bonds is 1. The predicted octanol–water partition coefficient (Wildman–Crippen LogP) is 2.09. The molecule has 1 aliphatic heterocycles. The lowest BCUT2D eigenvalue weighted by atomic mass is 9.78. The smallest absolute Gasteiger partial charge is 0.238 e. The summed E-state index contributed by atoms with van der Waals surface area (Å²) in [7, 11) is 0. The van der Waals surface area contributed by atoms with Gasteiger partial charge in [-0.15, -0.1) is 0 Å². The van der Waals surface area contributed by atoms with Crippen molar-refractivity contribution in [2.75, 3.05) is 4.90 Å². The van der Waals surface area contributed by atoms with Crippen LogP contribution in [-0.4, -0.2) is 16.9 Å². The minimum Gasteiger partial charge on any atom is -0.508 e. The summed E-state index contributed by atoms with van der Waals surface area (Å²) in [6.45, 7) is 1.96. The maximum Gasteiger partial charge on any atom is 0.238 e. The number of amides is 2. The van der Waals surface area contributed by atoms with Crippen LogP contribution in [0.1, 0.15) is 13.3 Å². The fourth-order valence-electron chi connectivity index (χ4n) is 3.03. The number of carbonyl (C=O) groups is 2. The Hall–Kier alpha value is -2.10. The van der Waals surface area contributed by atoms with Gasteiger partial charge in [0.2, 0.25) is 11.8 Å². The summed E-state index contributed by atoms with van der Waals surface area (Å²) < 4.78 is 0. The molecular weight excluding hydrogens is 242 g/mol. The van der Waals surface area contributed by atoms with Gasteiger partial charge in [0.25, 0.3) is 0 Å². The normalized spacial score (nSPS) is 29.7. The topological polar surface area (TPSA) is 57.6 Å². The first-order valence-electron chi connectivity index (χ1n) is 6.43. The van der Waals surface area contributed by atoms with Gasteiger partial charge >= 0.3 is 0 Å². The van der Waals surface area contributed by atoms with Crippen LogP contribution in [0.2, 0.25) is 0 Å². The summed E-state index contributed by atoms with van der Waals surface area (Å²) in [6, 6.07) is 6.27. The monoisotopic (exact) mass is 257 g/mol. The van der Waals surface area contributed by atoms with E-state index in [2.05, 4.69) is 0 Å². The average molecular weight is 257 g/mol. The molecule has 0 radical (unpaired) electrons. The van der Waals surface area contributed by atoms with Crippen molar-refractivity contribution in [3.8, 4) is 5.75 Å². The molecule has 0 bridgehead atoms. The number of allylic oxidation sites excluding steroid dienone is 2. The maximum absolute atomic E-state index is 12.5. The van der Waals surface area contributed by atoms with E-state index < -0.39 is 0 Å². The molecule has 1 fully saturated rings. The van der Waals surface area contributed by atoms with Crippen LogP contribution < -0.4 is 4.90 Å². The molecule has 2 aliphatic rings. The Kier molecular flexibility index (Phi) is 2.66. The Morgan fingerprint density at radius 1 is 1.26 bits per heavy atom. The van der Waals surface area contributed by atoms with Gasteiger partial charge < -0.3 is 5.11 Å². The van der Waals surface area contributed by atoms with E-state index in [1.807, 2.05) is 19.1 Å². The zero-order valence-corrected chi connectivity index (χ0v) is 10.6. The third kappa shape index (κ3) is 1.75. The molecule has 1 aliphatic carbocycles. The molecule has 0 spiro atoms. The number of nitrogens with zero attached hydrogens (tertiary/aromatic N) is 1. The summed E-state index contributed by atoms with van der Waals surface area (Å²) in [5.41, 5.74) is 0.455. The Balaban J connectivity index is 2.01. The third-order valence-corrected chi connectivity index (χ3v) is 3.96. The second-order valence-corrected chi connectivity index (χ2v) is 5.19. The van der Waals surface area contributed by atoms with Crippen LogP contribution in [0.5, 0.6) is 5.75 Å². The van der Waals surface area contributed by atoms with Crippen LogP contribution in [0.4, 0.5) is 5.69 Å². The quantitative estimate of drug-likeness (QED) is 0.619. The van der Waals surface area contributed by atoms with Crippen molar-refractivity contribution in [2.24, 2.45) is 17.8 Å². The zero-order valence-electron chi connectivity index (χ0n) is 10.6. The number of phenolic OH excluding ortho intramolecular Hbond substituents is 1. The van der Waals surface area contributed by atoms with Crippen LogP contribution in [0.15, 0.2) is 36.4 Å². The summed E-state index contributed by atoms with van der Waals surface area (Å²) >= 11 is 0. The first kappa shape index (κ1) is 12.0. The number of imide groups is 1. The standard InChI is InChI=1S/C15H15NO3/c1-9-4-2-7-12-13(9)15(19)16(14(12)18)10-5-3-6-11(17)8-10/h2-6,8-9,12-13,17H,7H2,1H3/t9-,12-,13+/m1/s1. The summed E-state index contributed by atoms with van der Waals surface area (Å²) in [5.74, 6) is -0.694. The number of phenols is 1. The zero-order chi connectivity index (χ0) is 13.6. The summed E-state index contributed by atoms with van der Waals surface area (Å²) in [6.07, 6.45) is 4.59. The van der Waals surface area contributed by atoms with Gasteiger partial charge in [0.05, 0.1) is 17.5 Å². The van der Waals surface area contributed by atoms with E-state index in [1.54, 1.807) is 12.1 Å². The van der Waals surface area contributed by atoms with E-state index in [9.17, 15) is 14.7 Å². The minimum absolute atomic E-state index is 0.0548. The lowest BCUT2D eigenvalue weighted by Crippen LogP contribution is -2.31. The second kappa shape index (κ2) is 4.23. The van der Waals surface area contributed by atoms with Gasteiger partial charge in [-0.1, -0.05) is 25.1 Å². The number of anilines is 1. The van der Waals surface area contributed by atoms with E-state index in [0.717, 1.165) is 0 Å². The summed E-state index contributed by atoms with van der Waals surface area (Å²) in [5, 5.41) is 9.49. The van der Waals surface area contributed by atoms with Gasteiger partial charge in [0, 0.05) is 6.07 Å².